The van der Waals surface area contributed by atoms with Crippen LogP contribution < -0.4 is 5.32 Å². The van der Waals surface area contributed by atoms with Gasteiger partial charge in [-0.3, -0.25) is 9.69 Å². The number of alkyl carbamates (subject to hydrolysis) is 1. The fourth-order valence-corrected chi connectivity index (χ4v) is 7.87. The van der Waals surface area contributed by atoms with Crippen LogP contribution in [0.3, 0.4) is 0 Å². The Morgan fingerprint density at radius 1 is 0.833 bits per heavy atom. The summed E-state index contributed by atoms with van der Waals surface area (Å²) in [7, 11) is 1.30. The van der Waals surface area contributed by atoms with E-state index in [9.17, 15) is 14.4 Å². The molecule has 0 bridgehead atoms. The Morgan fingerprint density at radius 2 is 1.44 bits per heavy atom. The highest BCUT2D eigenvalue weighted by molar-refractivity contribution is 5.92. The van der Waals surface area contributed by atoms with Gasteiger partial charge in [0.2, 0.25) is 5.91 Å². The number of aromatic amines is 2. The third kappa shape index (κ3) is 7.51. The number of nitrogens with zero attached hydrogens (tertiary/aromatic N) is 4. The number of H-pyrrole nitrogens is 2. The van der Waals surface area contributed by atoms with Gasteiger partial charge in [-0.05, 0) is 97.5 Å². The number of imidazole rings is 2. The lowest BCUT2D eigenvalue weighted by Crippen LogP contribution is -2.51. The van der Waals surface area contributed by atoms with Gasteiger partial charge in [0.1, 0.15) is 23.3 Å². The molecule has 284 valence electrons. The highest BCUT2D eigenvalue weighted by Crippen LogP contribution is 2.38. The molecule has 2 aromatic heterocycles. The van der Waals surface area contributed by atoms with Gasteiger partial charge in [0.15, 0.2) is 0 Å². The summed E-state index contributed by atoms with van der Waals surface area (Å²) < 4.78 is 10.5. The average molecular weight is 734 g/mol. The van der Waals surface area contributed by atoms with Gasteiger partial charge in [0.25, 0.3) is 0 Å². The number of amides is 3. The second kappa shape index (κ2) is 14.4. The minimum Gasteiger partial charge on any atom is -0.453 e. The van der Waals surface area contributed by atoms with Crippen LogP contribution in [0.1, 0.15) is 85.0 Å². The molecule has 0 radical (unpaired) electrons. The molecule has 0 aliphatic carbocycles. The first-order valence-electron chi connectivity index (χ1n) is 18.9. The molecular weight excluding hydrogens is 683 g/mol. The van der Waals surface area contributed by atoms with Crippen molar-refractivity contribution in [1.82, 2.24) is 35.1 Å². The highest BCUT2D eigenvalue weighted by atomic mass is 16.6. The Balaban J connectivity index is 1.09. The maximum atomic E-state index is 13.7. The standard InChI is InChI=1S/C42H51N7O5/c1-23(2)36(47-40(51)53-8)39(50)48-21-24(3)15-34(48)37-43-20-33(46-37)30-12-11-26-17-27(9-10-28(26)18-30)29-13-14-31-32(19-29)45-38(44-31)35-16-25(4)22-49(35)41(52)54-42(5,6)7/h9-14,17-20,23-25,34-36H,15-16,21-22H2,1-8H3,(H,43,46)(H,44,45)(H,47,51)/t24-,25-,34-,35-,36+/m0/s1. The molecule has 0 saturated carbocycles. The topological polar surface area (TPSA) is 146 Å². The van der Waals surface area contributed by atoms with Gasteiger partial charge >= 0.3 is 12.2 Å². The van der Waals surface area contributed by atoms with E-state index >= 15 is 0 Å². The average Bonchev–Trinajstić information content (AvgIpc) is 3.94. The first kappa shape index (κ1) is 36.9. The van der Waals surface area contributed by atoms with E-state index in [0.717, 1.165) is 68.7 Å². The van der Waals surface area contributed by atoms with E-state index in [1.807, 2.05) is 51.8 Å². The Kier molecular flexibility index (Phi) is 9.89. The van der Waals surface area contributed by atoms with Crippen LogP contribution in [0.5, 0.6) is 0 Å². The van der Waals surface area contributed by atoms with Crippen molar-refractivity contribution < 1.29 is 23.9 Å². The minimum absolute atomic E-state index is 0.107. The summed E-state index contributed by atoms with van der Waals surface area (Å²) in [5, 5.41) is 4.92. The molecule has 12 nitrogen and oxygen atoms in total. The van der Waals surface area contributed by atoms with Crippen molar-refractivity contribution in [3.05, 3.63) is 72.4 Å². The van der Waals surface area contributed by atoms with E-state index < -0.39 is 17.7 Å². The van der Waals surface area contributed by atoms with Crippen LogP contribution in [-0.4, -0.2) is 79.7 Å². The largest absolute Gasteiger partial charge is 0.453 e. The van der Waals surface area contributed by atoms with E-state index in [2.05, 4.69) is 77.7 Å². The normalized spacial score (nSPS) is 20.9. The van der Waals surface area contributed by atoms with Crippen LogP contribution in [-0.2, 0) is 14.3 Å². The van der Waals surface area contributed by atoms with E-state index in [0.29, 0.717) is 19.0 Å². The predicted octanol–water partition coefficient (Wildman–Crippen LogP) is 8.38. The van der Waals surface area contributed by atoms with Crippen molar-refractivity contribution in [2.24, 2.45) is 17.8 Å². The number of carbonyl (C=O) groups excluding carboxylic acids is 3. The Hall–Kier alpha value is -5.39. The summed E-state index contributed by atoms with van der Waals surface area (Å²) in [6, 6.07) is 18.0. The van der Waals surface area contributed by atoms with E-state index in [-0.39, 0.29) is 35.9 Å². The number of carbonyl (C=O) groups is 3. The van der Waals surface area contributed by atoms with Crippen molar-refractivity contribution in [3.8, 4) is 22.4 Å². The lowest BCUT2D eigenvalue weighted by atomic mass is 9.99. The van der Waals surface area contributed by atoms with Gasteiger partial charge in [-0.25, -0.2) is 19.6 Å². The summed E-state index contributed by atoms with van der Waals surface area (Å²) in [5.41, 5.74) is 5.24. The molecule has 3 N–H and O–H groups in total. The van der Waals surface area contributed by atoms with Crippen molar-refractivity contribution >= 4 is 39.9 Å². The van der Waals surface area contributed by atoms with Crippen LogP contribution >= 0.6 is 0 Å². The van der Waals surface area contributed by atoms with Gasteiger partial charge in [0, 0.05) is 18.7 Å². The monoisotopic (exact) mass is 733 g/mol. The molecule has 2 aliphatic rings. The molecule has 3 aromatic carbocycles. The fraction of sp³-hybridized carbons (Fsp3) is 0.452. The summed E-state index contributed by atoms with van der Waals surface area (Å²) in [6.07, 6.45) is 2.50. The van der Waals surface area contributed by atoms with Gasteiger partial charge < -0.3 is 29.7 Å². The number of hydrogen-bond acceptors (Lipinski definition) is 7. The molecule has 4 heterocycles. The Morgan fingerprint density at radius 3 is 2.11 bits per heavy atom. The SMILES string of the molecule is COC(=O)N[C@@H](C(=O)N1C[C@@H](C)C[C@H]1c1ncc(-c2ccc3cc(-c4ccc5nc([C@@H]6C[C@H](C)CN6C(=O)OC(C)(C)C)[nH]c5c4)ccc3c2)[nH]1)C(C)C. The molecule has 12 heteroatoms. The number of hydrogen-bond donors (Lipinski definition) is 3. The zero-order valence-corrected chi connectivity index (χ0v) is 32.4. The zero-order chi connectivity index (χ0) is 38.5. The number of fused-ring (bicyclic) bond motifs is 2. The van der Waals surface area contributed by atoms with Gasteiger partial charge in [-0.1, -0.05) is 58.0 Å². The second-order valence-electron chi connectivity index (χ2n) is 16.5. The van der Waals surface area contributed by atoms with Crippen LogP contribution in [0.25, 0.3) is 44.2 Å². The molecule has 7 rings (SSSR count). The quantitative estimate of drug-likeness (QED) is 0.152. The molecule has 0 unspecified atom stereocenters. The van der Waals surface area contributed by atoms with Gasteiger partial charge in [-0.2, -0.15) is 0 Å². The Labute approximate surface area is 316 Å². The number of likely N-dealkylation sites (tertiary alicyclic amines) is 2. The number of aromatic nitrogens is 4. The third-order valence-electron chi connectivity index (χ3n) is 10.5. The van der Waals surface area contributed by atoms with Gasteiger partial charge in [0.05, 0.1) is 42.1 Å². The summed E-state index contributed by atoms with van der Waals surface area (Å²) in [6.45, 7) is 15.0. The maximum absolute atomic E-state index is 13.7. The van der Waals surface area contributed by atoms with Crippen LogP contribution in [0, 0.1) is 17.8 Å². The molecule has 2 fully saturated rings. The number of ether oxygens (including phenoxy) is 2. The van der Waals surface area contributed by atoms with E-state index in [1.54, 1.807) is 4.90 Å². The maximum Gasteiger partial charge on any atom is 0.410 e. The van der Waals surface area contributed by atoms with Crippen LogP contribution in [0.2, 0.25) is 0 Å². The number of rotatable bonds is 7. The highest BCUT2D eigenvalue weighted by Gasteiger charge is 2.41. The van der Waals surface area contributed by atoms with Crippen molar-refractivity contribution in [1.29, 1.82) is 0 Å². The Bertz CT molecular complexity index is 2200. The molecule has 3 amide bonds. The first-order chi connectivity index (χ1) is 25.7. The number of benzene rings is 3. The molecule has 54 heavy (non-hydrogen) atoms. The van der Waals surface area contributed by atoms with E-state index in [1.165, 1.54) is 7.11 Å². The molecule has 2 aliphatic heterocycles. The van der Waals surface area contributed by atoms with Crippen molar-refractivity contribution in [3.63, 3.8) is 0 Å². The zero-order valence-electron chi connectivity index (χ0n) is 32.4. The lowest BCUT2D eigenvalue weighted by molar-refractivity contribution is -0.135. The number of methoxy groups -OCH3 is 1. The molecule has 0 spiro atoms. The van der Waals surface area contributed by atoms with Crippen LogP contribution in [0.4, 0.5) is 9.59 Å². The van der Waals surface area contributed by atoms with Crippen molar-refractivity contribution in [2.75, 3.05) is 20.2 Å². The third-order valence-corrected chi connectivity index (χ3v) is 10.5. The fourth-order valence-electron chi connectivity index (χ4n) is 7.87. The first-order valence-corrected chi connectivity index (χ1v) is 18.9. The smallest absolute Gasteiger partial charge is 0.410 e. The molecule has 5 aromatic rings. The molecule has 2 saturated heterocycles. The summed E-state index contributed by atoms with van der Waals surface area (Å²) >= 11 is 0. The molecular formula is C42H51N7O5. The number of nitrogens with one attached hydrogen (secondary N) is 3. The minimum atomic E-state index is -0.693. The molecule has 5 atom stereocenters. The summed E-state index contributed by atoms with van der Waals surface area (Å²) in [4.78, 5) is 59.1. The summed E-state index contributed by atoms with van der Waals surface area (Å²) in [5.74, 6) is 1.90. The van der Waals surface area contributed by atoms with E-state index in [4.69, 9.17) is 19.4 Å². The lowest BCUT2D eigenvalue weighted by Gasteiger charge is -2.30. The predicted molar refractivity (Wildman–Crippen MR) is 208 cm³/mol. The van der Waals surface area contributed by atoms with Gasteiger partial charge in [-0.15, -0.1) is 0 Å². The van der Waals surface area contributed by atoms with Crippen molar-refractivity contribution in [2.45, 2.75) is 85.0 Å². The van der Waals surface area contributed by atoms with Crippen LogP contribution in [0.15, 0.2) is 60.8 Å². The second-order valence-corrected chi connectivity index (χ2v) is 16.5.